The zero-order chi connectivity index (χ0) is 15.4. The lowest BCUT2D eigenvalue weighted by molar-refractivity contribution is 0.198. The van der Waals surface area contributed by atoms with Crippen LogP contribution in [0.15, 0.2) is 36.4 Å². The molecule has 0 aliphatic carbocycles. The summed E-state index contributed by atoms with van der Waals surface area (Å²) in [6.45, 7) is 1.34. The molecular formula is C16H13F2NO2. The average Bonchev–Trinajstić information content (AvgIpc) is 2.47. The van der Waals surface area contributed by atoms with Crippen LogP contribution in [0.1, 0.15) is 29.7 Å². The van der Waals surface area contributed by atoms with Crippen LogP contribution in [0, 0.1) is 23.0 Å². The predicted octanol–water partition coefficient (Wildman–Crippen LogP) is 3.47. The molecule has 0 amide bonds. The third kappa shape index (κ3) is 3.56. The summed E-state index contributed by atoms with van der Waals surface area (Å²) in [4.78, 5) is 0. The average molecular weight is 289 g/mol. The molecule has 0 bridgehead atoms. The zero-order valence-electron chi connectivity index (χ0n) is 11.3. The molecule has 0 spiro atoms. The minimum atomic E-state index is -0.779. The number of hydrogen-bond acceptors (Lipinski definition) is 3. The molecule has 0 saturated heterocycles. The van der Waals surface area contributed by atoms with Gasteiger partial charge in [-0.3, -0.25) is 0 Å². The number of aliphatic hydroxyl groups excluding tert-OH is 1. The molecule has 108 valence electrons. The standard InChI is InChI=1S/C16H13F2NO2/c1-10(20)12-3-5-16(15(18)7-12)21-9-13-6-11(8-19)2-4-14(13)17/h2-7,10,20H,9H2,1H3/t10-/m1/s1. The van der Waals surface area contributed by atoms with Gasteiger partial charge in [0.1, 0.15) is 12.4 Å². The van der Waals surface area contributed by atoms with Crippen LogP contribution in [0.5, 0.6) is 5.75 Å². The van der Waals surface area contributed by atoms with Crippen molar-refractivity contribution in [1.29, 1.82) is 5.26 Å². The summed E-state index contributed by atoms with van der Waals surface area (Å²) in [7, 11) is 0. The number of ether oxygens (including phenoxy) is 1. The number of nitriles is 1. The number of benzene rings is 2. The van der Waals surface area contributed by atoms with E-state index in [9.17, 15) is 13.9 Å². The summed E-state index contributed by atoms with van der Waals surface area (Å²) < 4.78 is 32.6. The summed E-state index contributed by atoms with van der Waals surface area (Å²) in [5.74, 6) is -1.19. The van der Waals surface area contributed by atoms with Crippen LogP contribution in [0.3, 0.4) is 0 Å². The maximum absolute atomic E-state index is 13.8. The van der Waals surface area contributed by atoms with Gasteiger partial charge in [-0.05, 0) is 42.8 Å². The van der Waals surface area contributed by atoms with Crippen molar-refractivity contribution in [3.63, 3.8) is 0 Å². The van der Waals surface area contributed by atoms with E-state index in [-0.39, 0.29) is 17.9 Å². The first kappa shape index (κ1) is 14.9. The van der Waals surface area contributed by atoms with Crippen molar-refractivity contribution in [3.05, 3.63) is 64.7 Å². The van der Waals surface area contributed by atoms with Crippen molar-refractivity contribution >= 4 is 0 Å². The van der Waals surface area contributed by atoms with Crippen molar-refractivity contribution in [3.8, 4) is 11.8 Å². The molecule has 3 nitrogen and oxygen atoms in total. The Morgan fingerprint density at radius 2 is 1.95 bits per heavy atom. The van der Waals surface area contributed by atoms with Gasteiger partial charge in [-0.1, -0.05) is 6.07 Å². The van der Waals surface area contributed by atoms with E-state index >= 15 is 0 Å². The maximum Gasteiger partial charge on any atom is 0.165 e. The fraction of sp³-hybridized carbons (Fsp3) is 0.188. The Morgan fingerprint density at radius 3 is 2.57 bits per heavy atom. The largest absolute Gasteiger partial charge is 0.486 e. The first-order valence-corrected chi connectivity index (χ1v) is 6.30. The smallest absolute Gasteiger partial charge is 0.165 e. The van der Waals surface area contributed by atoms with Gasteiger partial charge in [0.25, 0.3) is 0 Å². The molecule has 0 aliphatic heterocycles. The molecule has 1 atom stereocenters. The molecule has 0 saturated carbocycles. The van der Waals surface area contributed by atoms with E-state index in [2.05, 4.69) is 0 Å². The van der Waals surface area contributed by atoms with Crippen molar-refractivity contribution in [2.24, 2.45) is 0 Å². The quantitative estimate of drug-likeness (QED) is 0.937. The van der Waals surface area contributed by atoms with Crippen LogP contribution < -0.4 is 4.74 Å². The molecule has 21 heavy (non-hydrogen) atoms. The first-order valence-electron chi connectivity index (χ1n) is 6.30. The van der Waals surface area contributed by atoms with Gasteiger partial charge in [0.05, 0.1) is 17.7 Å². The molecule has 2 aromatic rings. The number of hydrogen-bond donors (Lipinski definition) is 1. The molecule has 2 rings (SSSR count). The van der Waals surface area contributed by atoms with Gasteiger partial charge >= 0.3 is 0 Å². The van der Waals surface area contributed by atoms with E-state index in [0.717, 1.165) is 0 Å². The van der Waals surface area contributed by atoms with Crippen LogP contribution in [-0.4, -0.2) is 5.11 Å². The summed E-state index contributed by atoms with van der Waals surface area (Å²) >= 11 is 0. The van der Waals surface area contributed by atoms with Gasteiger partial charge in [0.2, 0.25) is 0 Å². The summed E-state index contributed by atoms with van der Waals surface area (Å²) in [6, 6.07) is 9.87. The van der Waals surface area contributed by atoms with E-state index in [4.69, 9.17) is 10.00 Å². The molecule has 0 aromatic heterocycles. The number of aliphatic hydroxyl groups is 1. The molecular weight excluding hydrogens is 276 g/mol. The second-order valence-corrected chi connectivity index (χ2v) is 4.57. The third-order valence-corrected chi connectivity index (χ3v) is 3.00. The van der Waals surface area contributed by atoms with Crippen LogP contribution in [0.2, 0.25) is 0 Å². The summed E-state index contributed by atoms with van der Waals surface area (Å²) in [6.07, 6.45) is -0.779. The highest BCUT2D eigenvalue weighted by atomic mass is 19.1. The summed E-state index contributed by atoms with van der Waals surface area (Å²) in [5, 5.41) is 18.1. The molecule has 0 heterocycles. The Bertz CT molecular complexity index is 693. The minimum Gasteiger partial charge on any atom is -0.486 e. The van der Waals surface area contributed by atoms with Crippen molar-refractivity contribution in [1.82, 2.24) is 0 Å². The highest BCUT2D eigenvalue weighted by molar-refractivity contribution is 5.34. The Kier molecular flexibility index (Phi) is 4.51. The second kappa shape index (κ2) is 6.33. The number of nitrogens with zero attached hydrogens (tertiary/aromatic N) is 1. The van der Waals surface area contributed by atoms with E-state index < -0.39 is 17.7 Å². The Morgan fingerprint density at radius 1 is 1.19 bits per heavy atom. The van der Waals surface area contributed by atoms with Crippen LogP contribution in [-0.2, 0) is 6.61 Å². The van der Waals surface area contributed by atoms with Crippen LogP contribution in [0.4, 0.5) is 8.78 Å². The van der Waals surface area contributed by atoms with Gasteiger partial charge in [0, 0.05) is 5.56 Å². The minimum absolute atomic E-state index is 0.0406. The number of rotatable bonds is 4. The van der Waals surface area contributed by atoms with Gasteiger partial charge < -0.3 is 9.84 Å². The second-order valence-electron chi connectivity index (χ2n) is 4.57. The Balaban J connectivity index is 2.15. The third-order valence-electron chi connectivity index (χ3n) is 3.00. The topological polar surface area (TPSA) is 53.2 Å². The highest BCUT2D eigenvalue weighted by Crippen LogP contribution is 2.23. The maximum atomic E-state index is 13.8. The lowest BCUT2D eigenvalue weighted by atomic mass is 10.1. The van der Waals surface area contributed by atoms with Crippen LogP contribution in [0.25, 0.3) is 0 Å². The van der Waals surface area contributed by atoms with Crippen molar-refractivity contribution in [2.75, 3.05) is 0 Å². The van der Waals surface area contributed by atoms with Gasteiger partial charge in [-0.2, -0.15) is 5.26 Å². The lowest BCUT2D eigenvalue weighted by Crippen LogP contribution is -2.01. The van der Waals surface area contributed by atoms with E-state index in [1.165, 1.54) is 43.3 Å². The van der Waals surface area contributed by atoms with E-state index in [1.807, 2.05) is 6.07 Å². The zero-order valence-corrected chi connectivity index (χ0v) is 11.3. The lowest BCUT2D eigenvalue weighted by Gasteiger charge is -2.10. The molecule has 0 radical (unpaired) electrons. The molecule has 2 aromatic carbocycles. The van der Waals surface area contributed by atoms with Crippen molar-refractivity contribution < 1.29 is 18.6 Å². The predicted molar refractivity (Wildman–Crippen MR) is 72.5 cm³/mol. The Labute approximate surface area is 121 Å². The molecule has 0 unspecified atom stereocenters. The fourth-order valence-electron chi connectivity index (χ4n) is 1.80. The van der Waals surface area contributed by atoms with Crippen molar-refractivity contribution in [2.45, 2.75) is 19.6 Å². The highest BCUT2D eigenvalue weighted by Gasteiger charge is 2.10. The monoisotopic (exact) mass is 289 g/mol. The fourth-order valence-corrected chi connectivity index (χ4v) is 1.80. The molecule has 0 fully saturated rings. The van der Waals surface area contributed by atoms with E-state index in [0.29, 0.717) is 11.1 Å². The molecule has 5 heteroatoms. The first-order chi connectivity index (χ1) is 10.0. The molecule has 1 N–H and O–H groups in total. The van der Waals surface area contributed by atoms with E-state index in [1.54, 1.807) is 0 Å². The summed E-state index contributed by atoms with van der Waals surface area (Å²) in [5.41, 5.74) is 0.908. The van der Waals surface area contributed by atoms with Gasteiger partial charge in [-0.25, -0.2) is 8.78 Å². The normalized spacial score (nSPS) is 11.8. The van der Waals surface area contributed by atoms with Gasteiger partial charge in [-0.15, -0.1) is 0 Å². The number of halogens is 2. The molecule has 0 aliphatic rings. The Hall–Kier alpha value is -2.45. The SMILES string of the molecule is C[C@@H](O)c1ccc(OCc2cc(C#N)ccc2F)c(F)c1. The van der Waals surface area contributed by atoms with Crippen LogP contribution >= 0.6 is 0 Å². The van der Waals surface area contributed by atoms with Gasteiger partial charge in [0.15, 0.2) is 11.6 Å².